The van der Waals surface area contributed by atoms with Gasteiger partial charge in [0, 0.05) is 6.54 Å². The van der Waals surface area contributed by atoms with Crippen molar-refractivity contribution in [3.63, 3.8) is 0 Å². The first-order valence-electron chi connectivity index (χ1n) is 6.34. The lowest BCUT2D eigenvalue weighted by Crippen LogP contribution is -2.43. The molecule has 2 atom stereocenters. The van der Waals surface area contributed by atoms with Crippen LogP contribution in [0.5, 0.6) is 0 Å². The lowest BCUT2D eigenvalue weighted by molar-refractivity contribution is -0.127. The quantitative estimate of drug-likeness (QED) is 0.830. The zero-order valence-electron chi connectivity index (χ0n) is 10.6. The van der Waals surface area contributed by atoms with Gasteiger partial charge in [0.1, 0.15) is 11.8 Å². The van der Waals surface area contributed by atoms with E-state index in [-0.39, 0.29) is 18.4 Å². The Hall–Kier alpha value is -1.33. The molecule has 1 aromatic rings. The van der Waals surface area contributed by atoms with Crippen molar-refractivity contribution in [2.24, 2.45) is 5.92 Å². The molecule has 0 radical (unpaired) electrons. The highest BCUT2D eigenvalue weighted by Gasteiger charge is 2.26. The van der Waals surface area contributed by atoms with E-state index < -0.39 is 6.04 Å². The molecule has 5 nitrogen and oxygen atoms in total. The molecule has 18 heavy (non-hydrogen) atoms. The van der Waals surface area contributed by atoms with E-state index in [2.05, 4.69) is 10.2 Å². The van der Waals surface area contributed by atoms with Gasteiger partial charge < -0.3 is 19.7 Å². The van der Waals surface area contributed by atoms with Crippen molar-refractivity contribution < 1.29 is 14.3 Å². The molecule has 2 N–H and O–H groups in total. The number of aliphatic hydroxyl groups excluding tert-OH is 1. The van der Waals surface area contributed by atoms with Gasteiger partial charge in [0.05, 0.1) is 18.8 Å². The number of aliphatic hydroxyl groups is 1. The molecule has 0 aliphatic carbocycles. The molecular weight excluding hydrogens is 232 g/mol. The molecular formula is C13H20N2O3. The summed E-state index contributed by atoms with van der Waals surface area (Å²) >= 11 is 0. The number of likely N-dealkylation sites (tertiary alicyclic amines) is 1. The zero-order valence-corrected chi connectivity index (χ0v) is 10.6. The van der Waals surface area contributed by atoms with Crippen LogP contribution in [0.1, 0.15) is 24.6 Å². The van der Waals surface area contributed by atoms with Gasteiger partial charge in [-0.05, 0) is 38.6 Å². The smallest absolute Gasteiger partial charge is 0.225 e. The summed E-state index contributed by atoms with van der Waals surface area (Å²) in [6.45, 7) is 1.68. The lowest BCUT2D eigenvalue weighted by Gasteiger charge is -2.29. The van der Waals surface area contributed by atoms with Crippen LogP contribution < -0.4 is 5.32 Å². The van der Waals surface area contributed by atoms with Crippen LogP contribution in [0.25, 0.3) is 0 Å². The molecule has 2 unspecified atom stereocenters. The Morgan fingerprint density at radius 2 is 2.56 bits per heavy atom. The second-order valence-corrected chi connectivity index (χ2v) is 4.86. The van der Waals surface area contributed by atoms with E-state index in [0.717, 1.165) is 25.9 Å². The first-order valence-corrected chi connectivity index (χ1v) is 6.34. The van der Waals surface area contributed by atoms with Gasteiger partial charge in [0.15, 0.2) is 0 Å². The number of nitrogens with one attached hydrogen (secondary N) is 1. The first kappa shape index (κ1) is 13.1. The molecule has 2 heterocycles. The van der Waals surface area contributed by atoms with Crippen LogP contribution in [0, 0.1) is 5.92 Å². The number of amides is 1. The van der Waals surface area contributed by atoms with Crippen LogP contribution in [0.4, 0.5) is 0 Å². The van der Waals surface area contributed by atoms with E-state index in [1.54, 1.807) is 18.4 Å². The highest BCUT2D eigenvalue weighted by Crippen LogP contribution is 2.18. The third kappa shape index (κ3) is 3.11. The SMILES string of the molecule is CN1CCCC(C(=O)NC(CO)c2ccco2)C1. The number of piperidine rings is 1. The second kappa shape index (κ2) is 6.02. The standard InChI is InChI=1S/C13H20N2O3/c1-15-6-2-4-10(8-15)13(17)14-11(9-16)12-5-3-7-18-12/h3,5,7,10-11,16H,2,4,6,8-9H2,1H3,(H,14,17). The van der Waals surface area contributed by atoms with Crippen LogP contribution >= 0.6 is 0 Å². The summed E-state index contributed by atoms with van der Waals surface area (Å²) in [5.41, 5.74) is 0. The van der Waals surface area contributed by atoms with Crippen LogP contribution in [0.3, 0.4) is 0 Å². The summed E-state index contributed by atoms with van der Waals surface area (Å²) in [6, 6.07) is 3.06. The molecule has 1 aromatic heterocycles. The zero-order chi connectivity index (χ0) is 13.0. The molecule has 5 heteroatoms. The fraction of sp³-hybridized carbons (Fsp3) is 0.615. The first-order chi connectivity index (χ1) is 8.70. The maximum absolute atomic E-state index is 12.1. The van der Waals surface area contributed by atoms with E-state index in [0.29, 0.717) is 5.76 Å². The minimum atomic E-state index is -0.445. The predicted molar refractivity (Wildman–Crippen MR) is 66.9 cm³/mol. The summed E-state index contributed by atoms with van der Waals surface area (Å²) in [5, 5.41) is 12.2. The van der Waals surface area contributed by atoms with Crippen LogP contribution in [0.2, 0.25) is 0 Å². The van der Waals surface area contributed by atoms with Crippen molar-refractivity contribution in [2.45, 2.75) is 18.9 Å². The normalized spacial score (nSPS) is 22.7. The van der Waals surface area contributed by atoms with Crippen molar-refractivity contribution in [3.05, 3.63) is 24.2 Å². The number of furan rings is 1. The number of rotatable bonds is 4. The number of carbonyl (C=O) groups is 1. The fourth-order valence-corrected chi connectivity index (χ4v) is 2.37. The monoisotopic (exact) mass is 252 g/mol. The van der Waals surface area contributed by atoms with Crippen molar-refractivity contribution in [3.8, 4) is 0 Å². The third-order valence-electron chi connectivity index (χ3n) is 3.38. The molecule has 0 aromatic carbocycles. The Balaban J connectivity index is 1.93. The molecule has 1 amide bonds. The van der Waals surface area contributed by atoms with E-state index in [1.165, 1.54) is 0 Å². The summed E-state index contributed by atoms with van der Waals surface area (Å²) in [7, 11) is 2.02. The summed E-state index contributed by atoms with van der Waals surface area (Å²) in [6.07, 6.45) is 3.49. The van der Waals surface area contributed by atoms with Gasteiger partial charge in [-0.3, -0.25) is 4.79 Å². The van der Waals surface area contributed by atoms with Crippen LogP contribution in [-0.2, 0) is 4.79 Å². The molecule has 100 valence electrons. The number of hydrogen-bond donors (Lipinski definition) is 2. The van der Waals surface area contributed by atoms with Crippen molar-refractivity contribution in [2.75, 3.05) is 26.7 Å². The van der Waals surface area contributed by atoms with E-state index in [9.17, 15) is 9.90 Å². The molecule has 1 saturated heterocycles. The lowest BCUT2D eigenvalue weighted by atomic mass is 9.97. The third-order valence-corrected chi connectivity index (χ3v) is 3.38. The van der Waals surface area contributed by atoms with E-state index in [4.69, 9.17) is 4.42 Å². The molecule has 2 rings (SSSR count). The number of carbonyl (C=O) groups excluding carboxylic acids is 1. The summed E-state index contributed by atoms with van der Waals surface area (Å²) in [5.74, 6) is 0.597. The Labute approximate surface area is 107 Å². The Kier molecular flexibility index (Phi) is 4.38. The minimum Gasteiger partial charge on any atom is -0.467 e. The summed E-state index contributed by atoms with van der Waals surface area (Å²) in [4.78, 5) is 14.3. The molecule has 0 spiro atoms. The maximum Gasteiger partial charge on any atom is 0.225 e. The minimum absolute atomic E-state index is 0.00278. The molecule has 1 aliphatic heterocycles. The second-order valence-electron chi connectivity index (χ2n) is 4.86. The van der Waals surface area contributed by atoms with E-state index >= 15 is 0 Å². The highest BCUT2D eigenvalue weighted by atomic mass is 16.3. The van der Waals surface area contributed by atoms with Crippen LogP contribution in [0.15, 0.2) is 22.8 Å². The largest absolute Gasteiger partial charge is 0.467 e. The number of hydrogen-bond acceptors (Lipinski definition) is 4. The van der Waals surface area contributed by atoms with Crippen molar-refractivity contribution >= 4 is 5.91 Å². The van der Waals surface area contributed by atoms with Crippen LogP contribution in [-0.4, -0.2) is 42.7 Å². The van der Waals surface area contributed by atoms with Gasteiger partial charge in [-0.2, -0.15) is 0 Å². The Morgan fingerprint density at radius 1 is 1.72 bits per heavy atom. The summed E-state index contributed by atoms with van der Waals surface area (Å²) < 4.78 is 5.21. The molecule has 0 saturated carbocycles. The average Bonchev–Trinajstić information content (AvgIpc) is 2.89. The van der Waals surface area contributed by atoms with Gasteiger partial charge in [-0.15, -0.1) is 0 Å². The van der Waals surface area contributed by atoms with E-state index in [1.807, 2.05) is 7.05 Å². The highest BCUT2D eigenvalue weighted by molar-refractivity contribution is 5.79. The Bertz CT molecular complexity index is 378. The van der Waals surface area contributed by atoms with Gasteiger partial charge in [-0.1, -0.05) is 0 Å². The fourth-order valence-electron chi connectivity index (χ4n) is 2.37. The van der Waals surface area contributed by atoms with Gasteiger partial charge in [0.2, 0.25) is 5.91 Å². The molecule has 0 bridgehead atoms. The van der Waals surface area contributed by atoms with Crippen molar-refractivity contribution in [1.29, 1.82) is 0 Å². The maximum atomic E-state index is 12.1. The number of nitrogens with zero attached hydrogens (tertiary/aromatic N) is 1. The van der Waals surface area contributed by atoms with Gasteiger partial charge in [0.25, 0.3) is 0 Å². The average molecular weight is 252 g/mol. The van der Waals surface area contributed by atoms with Crippen molar-refractivity contribution in [1.82, 2.24) is 10.2 Å². The predicted octanol–water partition coefficient (Wildman–Crippen LogP) is 0.771. The van der Waals surface area contributed by atoms with Gasteiger partial charge >= 0.3 is 0 Å². The molecule has 1 fully saturated rings. The molecule has 1 aliphatic rings. The topological polar surface area (TPSA) is 65.7 Å². The van der Waals surface area contributed by atoms with Gasteiger partial charge in [-0.25, -0.2) is 0 Å². The Morgan fingerprint density at radius 3 is 3.17 bits per heavy atom.